The molecule has 0 bridgehead atoms. The molecule has 1 heterocycles. The fraction of sp³-hybridized carbons (Fsp3) is 0.158. The van der Waals surface area contributed by atoms with Gasteiger partial charge in [0.25, 0.3) is 5.91 Å². The number of halogens is 1. The number of nitrogens with zero attached hydrogens (tertiary/aromatic N) is 1. The maximum atomic E-state index is 12.5. The lowest BCUT2D eigenvalue weighted by Gasteiger charge is -2.09. The number of rotatable bonds is 5. The van der Waals surface area contributed by atoms with Gasteiger partial charge in [0.05, 0.1) is 12.8 Å². The second-order valence-corrected chi connectivity index (χ2v) is 6.87. The van der Waals surface area contributed by atoms with E-state index >= 15 is 0 Å². The van der Waals surface area contributed by atoms with Crippen LogP contribution >= 0.6 is 22.9 Å². The molecule has 0 atom stereocenters. The second kappa shape index (κ2) is 7.68. The summed E-state index contributed by atoms with van der Waals surface area (Å²) in [5.74, 6) is 0.609. The van der Waals surface area contributed by atoms with Gasteiger partial charge in [-0.2, -0.15) is 0 Å². The Morgan fingerprint density at radius 1 is 1.24 bits per heavy atom. The number of amides is 1. The van der Waals surface area contributed by atoms with Gasteiger partial charge in [-0.05, 0) is 25.1 Å². The van der Waals surface area contributed by atoms with Gasteiger partial charge in [0.1, 0.15) is 15.6 Å². The Balaban J connectivity index is 1.77. The van der Waals surface area contributed by atoms with Crippen molar-refractivity contribution >= 4 is 28.8 Å². The maximum absolute atomic E-state index is 12.5. The quantitative estimate of drug-likeness (QED) is 0.705. The van der Waals surface area contributed by atoms with E-state index in [9.17, 15) is 4.79 Å². The average Bonchev–Trinajstić information content (AvgIpc) is 3.02. The molecule has 0 saturated heterocycles. The van der Waals surface area contributed by atoms with Gasteiger partial charge >= 0.3 is 0 Å². The lowest BCUT2D eigenvalue weighted by Crippen LogP contribution is -2.22. The number of benzene rings is 2. The Hall–Kier alpha value is -2.37. The summed E-state index contributed by atoms with van der Waals surface area (Å²) in [5.41, 5.74) is 2.54. The van der Waals surface area contributed by atoms with Crippen molar-refractivity contribution in [3.05, 3.63) is 69.7 Å². The van der Waals surface area contributed by atoms with Gasteiger partial charge in [0.15, 0.2) is 0 Å². The molecule has 3 rings (SSSR count). The molecule has 1 N–H and O–H groups in total. The van der Waals surface area contributed by atoms with E-state index in [0.29, 0.717) is 22.1 Å². The number of aromatic nitrogens is 1. The van der Waals surface area contributed by atoms with E-state index < -0.39 is 0 Å². The lowest BCUT2D eigenvalue weighted by atomic mass is 10.2. The van der Waals surface area contributed by atoms with Crippen LogP contribution in [0.25, 0.3) is 10.6 Å². The van der Waals surface area contributed by atoms with Crippen LogP contribution in [-0.2, 0) is 6.54 Å². The number of aryl methyl sites for hydroxylation is 1. The van der Waals surface area contributed by atoms with Crippen LogP contribution in [0.1, 0.15) is 20.9 Å². The van der Waals surface area contributed by atoms with Crippen LogP contribution in [0.15, 0.2) is 48.5 Å². The minimum absolute atomic E-state index is 0.144. The zero-order valence-corrected chi connectivity index (χ0v) is 15.4. The third-order valence-corrected chi connectivity index (χ3v) is 5.15. The zero-order valence-electron chi connectivity index (χ0n) is 13.9. The molecule has 0 aliphatic heterocycles. The molecule has 0 saturated carbocycles. The van der Waals surface area contributed by atoms with Crippen molar-refractivity contribution in [1.82, 2.24) is 10.3 Å². The molecule has 0 fully saturated rings. The number of para-hydroxylation sites is 1. The van der Waals surface area contributed by atoms with E-state index in [1.165, 1.54) is 11.3 Å². The van der Waals surface area contributed by atoms with Crippen molar-refractivity contribution in [3.63, 3.8) is 0 Å². The predicted molar refractivity (Wildman–Crippen MR) is 101 cm³/mol. The molecule has 4 nitrogen and oxygen atoms in total. The highest BCUT2D eigenvalue weighted by Gasteiger charge is 2.16. The van der Waals surface area contributed by atoms with Gasteiger partial charge in [0.2, 0.25) is 0 Å². The first-order valence-electron chi connectivity index (χ1n) is 7.72. The highest BCUT2D eigenvalue weighted by molar-refractivity contribution is 7.17. The Kier molecular flexibility index (Phi) is 5.36. The van der Waals surface area contributed by atoms with Crippen molar-refractivity contribution in [2.75, 3.05) is 7.11 Å². The summed E-state index contributed by atoms with van der Waals surface area (Å²) in [6, 6.07) is 15.1. The van der Waals surface area contributed by atoms with Crippen LogP contribution in [0.3, 0.4) is 0 Å². The van der Waals surface area contributed by atoms with Crippen molar-refractivity contribution in [2.45, 2.75) is 13.5 Å². The first-order valence-corrected chi connectivity index (χ1v) is 8.91. The number of hydrogen-bond donors (Lipinski definition) is 1. The van der Waals surface area contributed by atoms with Gasteiger partial charge in [0, 0.05) is 22.7 Å². The Morgan fingerprint density at radius 2 is 2.04 bits per heavy atom. The van der Waals surface area contributed by atoms with Crippen LogP contribution < -0.4 is 10.1 Å². The summed E-state index contributed by atoms with van der Waals surface area (Å²) >= 11 is 7.40. The van der Waals surface area contributed by atoms with E-state index in [1.807, 2.05) is 55.5 Å². The standard InChI is InChI=1S/C19H17ClN2O2S/c1-12-17(25-19(22-12)13-7-5-8-15(20)10-13)18(23)21-11-14-6-3-4-9-16(14)24-2/h3-10H,11H2,1-2H3,(H,21,23). The molecular weight excluding hydrogens is 356 g/mol. The summed E-state index contributed by atoms with van der Waals surface area (Å²) in [6.07, 6.45) is 0. The number of carbonyl (C=O) groups excluding carboxylic acids is 1. The predicted octanol–water partition coefficient (Wildman–Crippen LogP) is 4.71. The van der Waals surface area contributed by atoms with Gasteiger partial charge < -0.3 is 10.1 Å². The largest absolute Gasteiger partial charge is 0.496 e. The first-order chi connectivity index (χ1) is 12.1. The monoisotopic (exact) mass is 372 g/mol. The molecule has 0 aliphatic rings. The molecule has 0 unspecified atom stereocenters. The third-order valence-electron chi connectivity index (χ3n) is 3.71. The number of ether oxygens (including phenoxy) is 1. The van der Waals surface area contributed by atoms with E-state index in [-0.39, 0.29) is 5.91 Å². The van der Waals surface area contributed by atoms with Crippen molar-refractivity contribution in [3.8, 4) is 16.3 Å². The van der Waals surface area contributed by atoms with E-state index in [4.69, 9.17) is 16.3 Å². The Morgan fingerprint density at radius 3 is 2.80 bits per heavy atom. The molecule has 6 heteroatoms. The van der Waals surface area contributed by atoms with Crippen molar-refractivity contribution in [1.29, 1.82) is 0 Å². The molecular formula is C19H17ClN2O2S. The number of hydrogen-bond acceptors (Lipinski definition) is 4. The van der Waals surface area contributed by atoms with E-state index in [2.05, 4.69) is 10.3 Å². The molecule has 25 heavy (non-hydrogen) atoms. The minimum atomic E-state index is -0.144. The van der Waals surface area contributed by atoms with Gasteiger partial charge in [-0.15, -0.1) is 11.3 Å². The number of methoxy groups -OCH3 is 1. The number of thiazole rings is 1. The molecule has 1 amide bonds. The minimum Gasteiger partial charge on any atom is -0.496 e. The summed E-state index contributed by atoms with van der Waals surface area (Å²) in [4.78, 5) is 17.7. The number of carbonyl (C=O) groups is 1. The van der Waals surface area contributed by atoms with Crippen LogP contribution in [0.2, 0.25) is 5.02 Å². The topological polar surface area (TPSA) is 51.2 Å². The highest BCUT2D eigenvalue weighted by Crippen LogP contribution is 2.29. The maximum Gasteiger partial charge on any atom is 0.263 e. The zero-order chi connectivity index (χ0) is 17.8. The van der Waals surface area contributed by atoms with Crippen LogP contribution in [0.5, 0.6) is 5.75 Å². The van der Waals surface area contributed by atoms with E-state index in [1.54, 1.807) is 7.11 Å². The van der Waals surface area contributed by atoms with Gasteiger partial charge in [-0.1, -0.05) is 41.9 Å². The molecule has 0 spiro atoms. The summed E-state index contributed by atoms with van der Waals surface area (Å²) < 4.78 is 5.31. The second-order valence-electron chi connectivity index (χ2n) is 5.44. The SMILES string of the molecule is COc1ccccc1CNC(=O)c1sc(-c2cccc(Cl)c2)nc1C. The fourth-order valence-corrected chi connectivity index (χ4v) is 3.63. The molecule has 3 aromatic rings. The molecule has 0 aliphatic carbocycles. The summed E-state index contributed by atoms with van der Waals surface area (Å²) in [7, 11) is 1.62. The molecule has 1 aromatic heterocycles. The van der Waals surface area contributed by atoms with Gasteiger partial charge in [-0.3, -0.25) is 4.79 Å². The van der Waals surface area contributed by atoms with Crippen molar-refractivity contribution in [2.24, 2.45) is 0 Å². The lowest BCUT2D eigenvalue weighted by molar-refractivity contribution is 0.0954. The van der Waals surface area contributed by atoms with Gasteiger partial charge in [-0.25, -0.2) is 4.98 Å². The average molecular weight is 373 g/mol. The summed E-state index contributed by atoms with van der Waals surface area (Å²) in [6.45, 7) is 2.23. The third kappa shape index (κ3) is 4.00. The number of nitrogens with one attached hydrogen (secondary N) is 1. The molecule has 128 valence electrons. The van der Waals surface area contributed by atoms with Crippen LogP contribution in [0.4, 0.5) is 0 Å². The summed E-state index contributed by atoms with van der Waals surface area (Å²) in [5, 5.41) is 4.36. The molecule has 2 aromatic carbocycles. The highest BCUT2D eigenvalue weighted by atomic mass is 35.5. The van der Waals surface area contributed by atoms with Crippen molar-refractivity contribution < 1.29 is 9.53 Å². The smallest absolute Gasteiger partial charge is 0.263 e. The van der Waals surface area contributed by atoms with Crippen LogP contribution in [0, 0.1) is 6.92 Å². The molecule has 0 radical (unpaired) electrons. The first kappa shape index (κ1) is 17.5. The Bertz CT molecular complexity index is 908. The Labute approximate surface area is 155 Å². The van der Waals surface area contributed by atoms with E-state index in [0.717, 1.165) is 21.9 Å². The normalized spacial score (nSPS) is 10.5. The fourth-order valence-electron chi connectivity index (χ4n) is 2.46. The van der Waals surface area contributed by atoms with Crippen LogP contribution in [-0.4, -0.2) is 18.0 Å².